The highest BCUT2D eigenvalue weighted by atomic mass is 16.3. The van der Waals surface area contributed by atoms with Crippen molar-refractivity contribution in [1.82, 2.24) is 9.97 Å². The summed E-state index contributed by atoms with van der Waals surface area (Å²) in [5, 5.41) is 9.03. The van der Waals surface area contributed by atoms with Crippen molar-refractivity contribution in [2.75, 3.05) is 12.3 Å². The van der Waals surface area contributed by atoms with E-state index in [9.17, 15) is 0 Å². The van der Waals surface area contributed by atoms with Crippen LogP contribution in [0.15, 0.2) is 6.33 Å². The smallest absolute Gasteiger partial charge is 0.130 e. The molecule has 1 aromatic heterocycles. The van der Waals surface area contributed by atoms with Crippen LogP contribution >= 0.6 is 0 Å². The fraction of sp³-hybridized carbons (Fsp3) is 0.556. The number of nitrogen functional groups attached to an aromatic ring is 1. The van der Waals surface area contributed by atoms with Gasteiger partial charge in [0.15, 0.2) is 0 Å². The third-order valence-electron chi connectivity index (χ3n) is 2.61. The van der Waals surface area contributed by atoms with Crippen LogP contribution in [-0.2, 0) is 12.8 Å². The predicted octanol–water partition coefficient (Wildman–Crippen LogP) is 0.156. The highest BCUT2D eigenvalue weighted by Crippen LogP contribution is 2.26. The monoisotopic (exact) mass is 179 g/mol. The molecule has 1 heterocycles. The summed E-state index contributed by atoms with van der Waals surface area (Å²) in [6.07, 6.45) is 4.24. The van der Waals surface area contributed by atoms with Gasteiger partial charge in [0.25, 0.3) is 0 Å². The van der Waals surface area contributed by atoms with Crippen LogP contribution < -0.4 is 5.73 Å². The molecule has 0 fully saturated rings. The molecule has 1 unspecified atom stereocenters. The fourth-order valence-electron chi connectivity index (χ4n) is 1.79. The lowest BCUT2D eigenvalue weighted by molar-refractivity contribution is 0.212. The van der Waals surface area contributed by atoms with Crippen LogP contribution in [0.3, 0.4) is 0 Å². The van der Waals surface area contributed by atoms with Gasteiger partial charge < -0.3 is 10.8 Å². The second kappa shape index (κ2) is 3.30. The largest absolute Gasteiger partial charge is 0.396 e. The number of hydrogen-bond donors (Lipinski definition) is 2. The van der Waals surface area contributed by atoms with Gasteiger partial charge in [0.1, 0.15) is 12.1 Å². The summed E-state index contributed by atoms with van der Waals surface area (Å²) in [4.78, 5) is 8.12. The Kier molecular flexibility index (Phi) is 2.14. The molecular formula is C9H13N3O. The second-order valence-electron chi connectivity index (χ2n) is 3.48. The van der Waals surface area contributed by atoms with E-state index in [1.54, 1.807) is 0 Å². The van der Waals surface area contributed by atoms with Crippen molar-refractivity contribution in [3.8, 4) is 0 Å². The minimum absolute atomic E-state index is 0.230. The van der Waals surface area contributed by atoms with E-state index in [2.05, 4.69) is 9.97 Å². The molecule has 4 heteroatoms. The molecule has 0 amide bonds. The van der Waals surface area contributed by atoms with E-state index in [-0.39, 0.29) is 6.61 Å². The van der Waals surface area contributed by atoms with Gasteiger partial charge in [-0.15, -0.1) is 0 Å². The van der Waals surface area contributed by atoms with Crippen LogP contribution in [0.4, 0.5) is 5.82 Å². The Hall–Kier alpha value is -1.16. The highest BCUT2D eigenvalue weighted by Gasteiger charge is 2.20. The van der Waals surface area contributed by atoms with Gasteiger partial charge in [0.2, 0.25) is 0 Å². The summed E-state index contributed by atoms with van der Waals surface area (Å²) in [7, 11) is 0. The number of anilines is 1. The molecular weight excluding hydrogens is 166 g/mol. The summed E-state index contributed by atoms with van der Waals surface area (Å²) in [5.41, 5.74) is 7.81. The minimum atomic E-state index is 0.230. The molecule has 0 bridgehead atoms. The normalized spacial score (nSPS) is 21.2. The first-order chi connectivity index (χ1) is 6.31. The van der Waals surface area contributed by atoms with Gasteiger partial charge in [0.05, 0.1) is 0 Å². The Balaban J connectivity index is 2.32. The average molecular weight is 179 g/mol. The van der Waals surface area contributed by atoms with Crippen molar-refractivity contribution in [1.29, 1.82) is 0 Å². The minimum Gasteiger partial charge on any atom is -0.396 e. The Morgan fingerprint density at radius 3 is 3.15 bits per heavy atom. The number of aromatic nitrogens is 2. The third kappa shape index (κ3) is 1.49. The Morgan fingerprint density at radius 2 is 2.38 bits per heavy atom. The fourth-order valence-corrected chi connectivity index (χ4v) is 1.79. The van der Waals surface area contributed by atoms with Crippen molar-refractivity contribution < 1.29 is 5.11 Å². The molecule has 2 rings (SSSR count). The summed E-state index contributed by atoms with van der Waals surface area (Å²) < 4.78 is 0. The lowest BCUT2D eigenvalue weighted by Gasteiger charge is -2.22. The number of aliphatic hydroxyl groups excluding tert-OH is 1. The van der Waals surface area contributed by atoms with E-state index in [1.807, 2.05) is 0 Å². The standard InChI is InChI=1S/C9H13N3O/c10-9-7-3-6(4-13)1-2-8(7)11-5-12-9/h5-6,13H,1-4H2,(H2,10,11,12). The van der Waals surface area contributed by atoms with Crippen LogP contribution in [0.25, 0.3) is 0 Å². The quantitative estimate of drug-likeness (QED) is 0.644. The zero-order valence-corrected chi connectivity index (χ0v) is 7.40. The molecule has 1 aliphatic rings. The first-order valence-corrected chi connectivity index (χ1v) is 4.50. The molecule has 0 radical (unpaired) electrons. The predicted molar refractivity (Wildman–Crippen MR) is 49.0 cm³/mol. The van der Waals surface area contributed by atoms with Crippen molar-refractivity contribution in [2.45, 2.75) is 19.3 Å². The molecule has 0 saturated carbocycles. The number of hydrogen-bond acceptors (Lipinski definition) is 4. The van der Waals surface area contributed by atoms with Crippen LogP contribution in [0.5, 0.6) is 0 Å². The first kappa shape index (κ1) is 8.44. The summed E-state index contributed by atoms with van der Waals surface area (Å²) >= 11 is 0. The maximum atomic E-state index is 9.03. The second-order valence-corrected chi connectivity index (χ2v) is 3.48. The number of fused-ring (bicyclic) bond motifs is 1. The molecule has 0 aliphatic heterocycles. The maximum absolute atomic E-state index is 9.03. The van der Waals surface area contributed by atoms with Gasteiger partial charge in [-0.3, -0.25) is 0 Å². The molecule has 0 aromatic carbocycles. The average Bonchev–Trinajstić information content (AvgIpc) is 2.18. The van der Waals surface area contributed by atoms with Crippen LogP contribution in [0, 0.1) is 5.92 Å². The van der Waals surface area contributed by atoms with Gasteiger partial charge in [-0.25, -0.2) is 9.97 Å². The van der Waals surface area contributed by atoms with Crippen molar-refractivity contribution in [2.24, 2.45) is 5.92 Å². The topological polar surface area (TPSA) is 72.0 Å². The molecule has 4 nitrogen and oxygen atoms in total. The molecule has 1 aromatic rings. The van der Waals surface area contributed by atoms with Gasteiger partial charge in [0, 0.05) is 17.9 Å². The Bertz CT molecular complexity index is 314. The van der Waals surface area contributed by atoms with Gasteiger partial charge >= 0.3 is 0 Å². The lowest BCUT2D eigenvalue weighted by Crippen LogP contribution is -2.20. The van der Waals surface area contributed by atoms with Crippen LogP contribution in [0.1, 0.15) is 17.7 Å². The third-order valence-corrected chi connectivity index (χ3v) is 2.61. The number of rotatable bonds is 1. The zero-order chi connectivity index (χ0) is 9.26. The van der Waals surface area contributed by atoms with Gasteiger partial charge in [-0.1, -0.05) is 0 Å². The number of nitrogens with zero attached hydrogens (tertiary/aromatic N) is 2. The molecule has 3 N–H and O–H groups in total. The molecule has 13 heavy (non-hydrogen) atoms. The number of aliphatic hydroxyl groups is 1. The molecule has 0 spiro atoms. The van der Waals surface area contributed by atoms with Crippen LogP contribution in [0.2, 0.25) is 0 Å². The van der Waals surface area contributed by atoms with E-state index in [1.165, 1.54) is 6.33 Å². The van der Waals surface area contributed by atoms with Crippen molar-refractivity contribution in [3.05, 3.63) is 17.6 Å². The molecule has 1 atom stereocenters. The van der Waals surface area contributed by atoms with E-state index < -0.39 is 0 Å². The molecule has 0 saturated heterocycles. The molecule has 1 aliphatic carbocycles. The zero-order valence-electron chi connectivity index (χ0n) is 7.40. The van der Waals surface area contributed by atoms with Crippen molar-refractivity contribution >= 4 is 5.82 Å². The Morgan fingerprint density at radius 1 is 1.54 bits per heavy atom. The van der Waals surface area contributed by atoms with E-state index in [0.29, 0.717) is 11.7 Å². The van der Waals surface area contributed by atoms with E-state index in [0.717, 1.165) is 30.5 Å². The maximum Gasteiger partial charge on any atom is 0.130 e. The Labute approximate surface area is 76.8 Å². The SMILES string of the molecule is Nc1ncnc2c1CC(CO)CC2. The first-order valence-electron chi connectivity index (χ1n) is 4.50. The van der Waals surface area contributed by atoms with Gasteiger partial charge in [-0.2, -0.15) is 0 Å². The summed E-state index contributed by atoms with van der Waals surface area (Å²) in [6, 6.07) is 0. The lowest BCUT2D eigenvalue weighted by atomic mass is 9.87. The highest BCUT2D eigenvalue weighted by molar-refractivity contribution is 5.42. The number of nitrogens with two attached hydrogens (primary N) is 1. The molecule has 70 valence electrons. The van der Waals surface area contributed by atoms with Crippen molar-refractivity contribution in [3.63, 3.8) is 0 Å². The van der Waals surface area contributed by atoms with E-state index >= 15 is 0 Å². The van der Waals surface area contributed by atoms with Gasteiger partial charge in [-0.05, 0) is 25.2 Å². The summed E-state index contributed by atoms with van der Waals surface area (Å²) in [5.74, 6) is 0.906. The van der Waals surface area contributed by atoms with E-state index in [4.69, 9.17) is 10.8 Å². The summed E-state index contributed by atoms with van der Waals surface area (Å²) in [6.45, 7) is 0.230. The van der Waals surface area contributed by atoms with Crippen LogP contribution in [-0.4, -0.2) is 21.7 Å². The number of aryl methyl sites for hydroxylation is 1.